The van der Waals surface area contributed by atoms with Crippen LogP contribution in [0.2, 0.25) is 5.02 Å². The first-order chi connectivity index (χ1) is 16.6. The minimum atomic E-state index is 0.512. The standard InChI is InChI=1S/C24H26ClN7O2/c1-26-22-4-6-27-24(29-22)31-10-8-30(9-11-31)16-5-7-32-15-19(28-23(32)12-16)17-13-18(25)21(34-3)14-20(17)33-2/h4-7,12-15H,8-11H2,1-3H3,(H,26,27,29). The minimum absolute atomic E-state index is 0.512. The normalized spacial score (nSPS) is 13.9. The zero-order valence-corrected chi connectivity index (χ0v) is 20.1. The van der Waals surface area contributed by atoms with Gasteiger partial charge in [-0.1, -0.05) is 11.6 Å². The third-order valence-corrected chi connectivity index (χ3v) is 6.32. The molecule has 0 amide bonds. The quantitative estimate of drug-likeness (QED) is 0.447. The van der Waals surface area contributed by atoms with E-state index in [9.17, 15) is 0 Å². The van der Waals surface area contributed by atoms with E-state index in [1.165, 1.54) is 0 Å². The molecule has 0 atom stereocenters. The lowest BCUT2D eigenvalue weighted by atomic mass is 10.1. The van der Waals surface area contributed by atoms with Crippen molar-refractivity contribution in [2.75, 3.05) is 62.6 Å². The van der Waals surface area contributed by atoms with E-state index in [-0.39, 0.29) is 0 Å². The number of aromatic nitrogens is 4. The van der Waals surface area contributed by atoms with Gasteiger partial charge >= 0.3 is 0 Å². The first-order valence-electron chi connectivity index (χ1n) is 11.0. The predicted octanol–water partition coefficient (Wildman–Crippen LogP) is 3.83. The fourth-order valence-electron chi connectivity index (χ4n) is 4.16. The number of hydrogen-bond donors (Lipinski definition) is 1. The molecule has 4 aromatic rings. The van der Waals surface area contributed by atoms with Gasteiger partial charge in [0.15, 0.2) is 0 Å². The molecule has 0 saturated carbocycles. The molecule has 10 heteroatoms. The molecule has 0 aliphatic carbocycles. The zero-order valence-electron chi connectivity index (χ0n) is 19.3. The second kappa shape index (κ2) is 9.26. The molecule has 0 spiro atoms. The minimum Gasteiger partial charge on any atom is -0.496 e. The number of fused-ring (bicyclic) bond motifs is 1. The highest BCUT2D eigenvalue weighted by Crippen LogP contribution is 2.38. The number of methoxy groups -OCH3 is 2. The van der Waals surface area contributed by atoms with Gasteiger partial charge in [-0.3, -0.25) is 0 Å². The van der Waals surface area contributed by atoms with Crippen LogP contribution in [0, 0.1) is 0 Å². The second-order valence-electron chi connectivity index (χ2n) is 7.93. The molecule has 176 valence electrons. The van der Waals surface area contributed by atoms with Crippen molar-refractivity contribution >= 4 is 34.7 Å². The van der Waals surface area contributed by atoms with Gasteiger partial charge in [0.25, 0.3) is 0 Å². The molecule has 0 unspecified atom stereocenters. The van der Waals surface area contributed by atoms with Crippen molar-refractivity contribution in [2.24, 2.45) is 0 Å². The summed E-state index contributed by atoms with van der Waals surface area (Å²) >= 11 is 6.37. The maximum atomic E-state index is 6.37. The molecule has 3 aromatic heterocycles. The van der Waals surface area contributed by atoms with Gasteiger partial charge in [0.1, 0.15) is 23.0 Å². The number of nitrogens with zero attached hydrogens (tertiary/aromatic N) is 6. The van der Waals surface area contributed by atoms with Crippen LogP contribution in [0.1, 0.15) is 0 Å². The van der Waals surface area contributed by atoms with Crippen molar-refractivity contribution in [1.82, 2.24) is 19.4 Å². The van der Waals surface area contributed by atoms with E-state index in [0.717, 1.165) is 60.5 Å². The number of anilines is 3. The van der Waals surface area contributed by atoms with Crippen molar-refractivity contribution in [3.8, 4) is 22.8 Å². The van der Waals surface area contributed by atoms with Gasteiger partial charge in [-0.15, -0.1) is 0 Å². The van der Waals surface area contributed by atoms with Crippen LogP contribution in [0.25, 0.3) is 16.9 Å². The lowest BCUT2D eigenvalue weighted by molar-refractivity contribution is 0.395. The van der Waals surface area contributed by atoms with E-state index in [4.69, 9.17) is 26.1 Å². The highest BCUT2D eigenvalue weighted by molar-refractivity contribution is 6.32. The van der Waals surface area contributed by atoms with E-state index in [2.05, 4.69) is 37.2 Å². The maximum Gasteiger partial charge on any atom is 0.227 e. The fourth-order valence-corrected chi connectivity index (χ4v) is 4.40. The van der Waals surface area contributed by atoms with Gasteiger partial charge in [0, 0.05) is 75.2 Å². The smallest absolute Gasteiger partial charge is 0.227 e. The Morgan fingerprint density at radius 1 is 0.941 bits per heavy atom. The molecule has 1 aliphatic rings. The largest absolute Gasteiger partial charge is 0.496 e. The second-order valence-corrected chi connectivity index (χ2v) is 8.34. The molecule has 0 bridgehead atoms. The molecule has 9 nitrogen and oxygen atoms in total. The molecular formula is C24H26ClN7O2. The number of imidazole rings is 1. The summed E-state index contributed by atoms with van der Waals surface area (Å²) < 4.78 is 12.9. The topological polar surface area (TPSA) is 80.1 Å². The molecule has 0 radical (unpaired) electrons. The Morgan fingerprint density at radius 2 is 1.71 bits per heavy atom. The Kier molecular flexibility index (Phi) is 6.02. The lowest BCUT2D eigenvalue weighted by Gasteiger charge is -2.36. The van der Waals surface area contributed by atoms with Crippen LogP contribution in [0.4, 0.5) is 17.5 Å². The molecule has 1 fully saturated rings. The van der Waals surface area contributed by atoms with E-state index in [0.29, 0.717) is 16.5 Å². The third kappa shape index (κ3) is 4.14. The average Bonchev–Trinajstić information content (AvgIpc) is 3.32. The summed E-state index contributed by atoms with van der Waals surface area (Å²) in [6.07, 6.45) is 5.80. The zero-order chi connectivity index (χ0) is 23.7. The number of ether oxygens (including phenoxy) is 2. The van der Waals surface area contributed by atoms with Crippen molar-refractivity contribution in [3.63, 3.8) is 0 Å². The van der Waals surface area contributed by atoms with E-state index in [1.807, 2.05) is 36.0 Å². The number of pyridine rings is 1. The van der Waals surface area contributed by atoms with Gasteiger partial charge in [0.2, 0.25) is 5.95 Å². The van der Waals surface area contributed by atoms with E-state index < -0.39 is 0 Å². The molecule has 1 aliphatic heterocycles. The first kappa shape index (κ1) is 22.1. The van der Waals surface area contributed by atoms with Crippen molar-refractivity contribution in [1.29, 1.82) is 0 Å². The first-order valence-corrected chi connectivity index (χ1v) is 11.4. The lowest BCUT2D eigenvalue weighted by Crippen LogP contribution is -2.47. The van der Waals surface area contributed by atoms with Gasteiger partial charge < -0.3 is 29.0 Å². The van der Waals surface area contributed by atoms with Gasteiger partial charge in [-0.2, -0.15) is 4.98 Å². The Hall–Kier alpha value is -3.72. The van der Waals surface area contributed by atoms with Gasteiger partial charge in [-0.25, -0.2) is 9.97 Å². The van der Waals surface area contributed by atoms with Gasteiger partial charge in [0.05, 0.1) is 24.9 Å². The van der Waals surface area contributed by atoms with Crippen LogP contribution in [0.5, 0.6) is 11.5 Å². The van der Waals surface area contributed by atoms with Gasteiger partial charge in [-0.05, 0) is 18.2 Å². The summed E-state index contributed by atoms with van der Waals surface area (Å²) in [5, 5.41) is 3.58. The average molecular weight is 480 g/mol. The number of piperazine rings is 1. The summed E-state index contributed by atoms with van der Waals surface area (Å²) in [5.41, 5.74) is 3.59. The maximum absolute atomic E-state index is 6.37. The van der Waals surface area contributed by atoms with E-state index in [1.54, 1.807) is 26.5 Å². The Balaban J connectivity index is 1.36. The Morgan fingerprint density at radius 3 is 2.44 bits per heavy atom. The molecule has 1 saturated heterocycles. The van der Waals surface area contributed by atoms with Crippen LogP contribution in [0.3, 0.4) is 0 Å². The highest BCUT2D eigenvalue weighted by Gasteiger charge is 2.20. The summed E-state index contributed by atoms with van der Waals surface area (Å²) in [4.78, 5) is 18.4. The molecule has 4 heterocycles. The Labute approximate surface area is 202 Å². The summed E-state index contributed by atoms with van der Waals surface area (Å²) in [7, 11) is 5.07. The fraction of sp³-hybridized carbons (Fsp3) is 0.292. The predicted molar refractivity (Wildman–Crippen MR) is 135 cm³/mol. The van der Waals surface area contributed by atoms with Crippen molar-refractivity contribution in [3.05, 3.63) is 53.9 Å². The number of rotatable bonds is 6. The van der Waals surface area contributed by atoms with Crippen LogP contribution < -0.4 is 24.6 Å². The van der Waals surface area contributed by atoms with Crippen LogP contribution in [-0.4, -0.2) is 66.8 Å². The third-order valence-electron chi connectivity index (χ3n) is 6.02. The monoisotopic (exact) mass is 479 g/mol. The van der Waals surface area contributed by atoms with Crippen LogP contribution in [0.15, 0.2) is 48.9 Å². The van der Waals surface area contributed by atoms with Crippen molar-refractivity contribution in [2.45, 2.75) is 0 Å². The van der Waals surface area contributed by atoms with Crippen molar-refractivity contribution < 1.29 is 9.47 Å². The van der Waals surface area contributed by atoms with Crippen LogP contribution in [-0.2, 0) is 0 Å². The highest BCUT2D eigenvalue weighted by atomic mass is 35.5. The molecular weight excluding hydrogens is 454 g/mol. The number of benzene rings is 1. The van der Waals surface area contributed by atoms with Crippen LogP contribution >= 0.6 is 11.6 Å². The molecule has 1 N–H and O–H groups in total. The SMILES string of the molecule is CNc1ccnc(N2CCN(c3ccn4cc(-c5cc(Cl)c(OC)cc5OC)nc4c3)CC2)n1. The summed E-state index contributed by atoms with van der Waals surface area (Å²) in [6, 6.07) is 9.69. The van der Waals surface area contributed by atoms with E-state index >= 15 is 0 Å². The molecule has 1 aromatic carbocycles. The summed E-state index contributed by atoms with van der Waals surface area (Å²) in [6.45, 7) is 3.44. The Bertz CT molecular complexity index is 1320. The number of hydrogen-bond acceptors (Lipinski definition) is 8. The molecule has 5 rings (SSSR count). The summed E-state index contributed by atoms with van der Waals surface area (Å²) in [5.74, 6) is 2.80. The molecule has 34 heavy (non-hydrogen) atoms. The number of halogens is 1. The number of nitrogens with one attached hydrogen (secondary N) is 1.